The average Bonchev–Trinajstić information content (AvgIpc) is 2.88. The lowest BCUT2D eigenvalue weighted by atomic mass is 10.1. The number of aromatic nitrogens is 2. The lowest BCUT2D eigenvalue weighted by molar-refractivity contribution is 0.0224. The maximum absolute atomic E-state index is 5.94. The highest BCUT2D eigenvalue weighted by atomic mass is 16.5. The highest BCUT2D eigenvalue weighted by molar-refractivity contribution is 5.82. The Morgan fingerprint density at radius 3 is 2.91 bits per heavy atom. The number of ether oxygens (including phenoxy) is 1. The molecule has 4 nitrogen and oxygen atoms in total. The Labute approximate surface area is 129 Å². The van der Waals surface area contributed by atoms with Gasteiger partial charge >= 0.3 is 0 Å². The van der Waals surface area contributed by atoms with Crippen LogP contribution >= 0.6 is 0 Å². The molecule has 3 aromatic rings. The number of hydrogen-bond donors (Lipinski definition) is 1. The molecular formula is C18H19N3O. The molecule has 1 aromatic carbocycles. The van der Waals surface area contributed by atoms with E-state index in [1.54, 1.807) is 0 Å². The van der Waals surface area contributed by atoms with Gasteiger partial charge in [0.05, 0.1) is 24.6 Å². The molecule has 4 heteroatoms. The molecule has 0 unspecified atom stereocenters. The zero-order valence-corrected chi connectivity index (χ0v) is 12.6. The molecule has 1 aliphatic heterocycles. The number of anilines is 1. The van der Waals surface area contributed by atoms with Crippen molar-refractivity contribution in [2.24, 2.45) is 0 Å². The molecule has 112 valence electrons. The lowest BCUT2D eigenvalue weighted by Gasteiger charge is -2.40. The Morgan fingerprint density at radius 1 is 1.27 bits per heavy atom. The smallest absolute Gasteiger partial charge is 0.137 e. The molecule has 4 rings (SSSR count). The summed E-state index contributed by atoms with van der Waals surface area (Å²) in [4.78, 5) is 9.98. The van der Waals surface area contributed by atoms with Crippen LogP contribution < -0.4 is 4.90 Å². The number of hydrogen-bond acceptors (Lipinski definition) is 3. The van der Waals surface area contributed by atoms with E-state index in [1.165, 1.54) is 22.2 Å². The third-order valence-electron chi connectivity index (χ3n) is 4.27. The first kappa shape index (κ1) is 13.3. The Balaban J connectivity index is 1.37. The fourth-order valence-electron chi connectivity index (χ4n) is 2.84. The van der Waals surface area contributed by atoms with E-state index in [0.717, 1.165) is 18.7 Å². The van der Waals surface area contributed by atoms with Crippen molar-refractivity contribution in [2.75, 3.05) is 18.0 Å². The molecule has 0 aliphatic carbocycles. The molecule has 3 heterocycles. The fraction of sp³-hybridized carbons (Fsp3) is 0.278. The summed E-state index contributed by atoms with van der Waals surface area (Å²) < 4.78 is 5.94. The van der Waals surface area contributed by atoms with Crippen LogP contribution in [-0.2, 0) is 11.3 Å². The number of rotatable bonds is 4. The predicted molar refractivity (Wildman–Crippen MR) is 88.1 cm³/mol. The lowest BCUT2D eigenvalue weighted by Crippen LogP contribution is -2.52. The van der Waals surface area contributed by atoms with Crippen molar-refractivity contribution < 1.29 is 4.74 Å². The van der Waals surface area contributed by atoms with Gasteiger partial charge in [0.1, 0.15) is 5.65 Å². The number of H-pyrrole nitrogens is 1. The van der Waals surface area contributed by atoms with Crippen molar-refractivity contribution in [3.8, 4) is 0 Å². The van der Waals surface area contributed by atoms with E-state index in [1.807, 2.05) is 30.6 Å². The SMILES string of the molecule is Cc1c[nH]c2ncc(N3CC(OCc4ccccc4)C3)cc12. The van der Waals surface area contributed by atoms with Crippen molar-refractivity contribution in [1.29, 1.82) is 0 Å². The van der Waals surface area contributed by atoms with Gasteiger partial charge in [0.2, 0.25) is 0 Å². The second-order valence-electron chi connectivity index (χ2n) is 5.88. The number of fused-ring (bicyclic) bond motifs is 1. The van der Waals surface area contributed by atoms with E-state index in [9.17, 15) is 0 Å². The van der Waals surface area contributed by atoms with E-state index < -0.39 is 0 Å². The second-order valence-corrected chi connectivity index (χ2v) is 5.88. The molecule has 1 saturated heterocycles. The topological polar surface area (TPSA) is 41.2 Å². The van der Waals surface area contributed by atoms with E-state index in [-0.39, 0.29) is 0 Å². The zero-order valence-electron chi connectivity index (χ0n) is 12.6. The number of nitrogens with zero attached hydrogens (tertiary/aromatic N) is 2. The molecule has 1 fully saturated rings. The van der Waals surface area contributed by atoms with Gasteiger partial charge in [0.15, 0.2) is 0 Å². The summed E-state index contributed by atoms with van der Waals surface area (Å²) in [6.45, 7) is 4.66. The molecular weight excluding hydrogens is 274 g/mol. The summed E-state index contributed by atoms with van der Waals surface area (Å²) in [5.74, 6) is 0. The van der Waals surface area contributed by atoms with Gasteiger partial charge in [0, 0.05) is 24.7 Å². The number of pyridine rings is 1. The zero-order chi connectivity index (χ0) is 14.9. The molecule has 1 N–H and O–H groups in total. The van der Waals surface area contributed by atoms with Crippen molar-refractivity contribution in [3.05, 3.63) is 59.9 Å². The second kappa shape index (κ2) is 5.46. The van der Waals surface area contributed by atoms with Gasteiger partial charge in [-0.1, -0.05) is 30.3 Å². The Morgan fingerprint density at radius 2 is 2.09 bits per heavy atom. The molecule has 22 heavy (non-hydrogen) atoms. The molecule has 0 bridgehead atoms. The van der Waals surface area contributed by atoms with Crippen LogP contribution in [0.1, 0.15) is 11.1 Å². The van der Waals surface area contributed by atoms with Crippen molar-refractivity contribution in [2.45, 2.75) is 19.6 Å². The first-order chi connectivity index (χ1) is 10.8. The minimum Gasteiger partial charge on any atom is -0.370 e. The summed E-state index contributed by atoms with van der Waals surface area (Å²) >= 11 is 0. The average molecular weight is 293 g/mol. The van der Waals surface area contributed by atoms with Crippen LogP contribution in [0.25, 0.3) is 11.0 Å². The van der Waals surface area contributed by atoms with Crippen molar-refractivity contribution in [3.63, 3.8) is 0 Å². The van der Waals surface area contributed by atoms with Gasteiger partial charge in [-0.3, -0.25) is 0 Å². The maximum atomic E-state index is 5.94. The van der Waals surface area contributed by atoms with Crippen LogP contribution in [0, 0.1) is 6.92 Å². The Bertz CT molecular complexity index is 775. The molecule has 0 saturated carbocycles. The summed E-state index contributed by atoms with van der Waals surface area (Å²) in [5.41, 5.74) is 4.60. The minimum absolute atomic E-state index is 0.309. The van der Waals surface area contributed by atoms with Crippen LogP contribution in [0.15, 0.2) is 48.8 Å². The van der Waals surface area contributed by atoms with Gasteiger partial charge in [-0.15, -0.1) is 0 Å². The maximum Gasteiger partial charge on any atom is 0.137 e. The van der Waals surface area contributed by atoms with Crippen LogP contribution in [-0.4, -0.2) is 29.2 Å². The number of nitrogens with one attached hydrogen (secondary N) is 1. The highest BCUT2D eigenvalue weighted by Crippen LogP contribution is 2.26. The molecule has 0 amide bonds. The minimum atomic E-state index is 0.309. The normalized spacial score (nSPS) is 15.2. The van der Waals surface area contributed by atoms with E-state index >= 15 is 0 Å². The molecule has 0 radical (unpaired) electrons. The van der Waals surface area contributed by atoms with Crippen LogP contribution in [0.5, 0.6) is 0 Å². The van der Waals surface area contributed by atoms with Crippen LogP contribution in [0.4, 0.5) is 5.69 Å². The van der Waals surface area contributed by atoms with E-state index in [4.69, 9.17) is 4.74 Å². The van der Waals surface area contributed by atoms with E-state index in [0.29, 0.717) is 12.7 Å². The summed E-state index contributed by atoms with van der Waals surface area (Å²) in [6.07, 6.45) is 4.25. The first-order valence-corrected chi connectivity index (χ1v) is 7.64. The Hall–Kier alpha value is -2.33. The number of aromatic amines is 1. The summed E-state index contributed by atoms with van der Waals surface area (Å²) in [6, 6.07) is 12.5. The van der Waals surface area contributed by atoms with E-state index in [2.05, 4.69) is 40.0 Å². The van der Waals surface area contributed by atoms with Crippen molar-refractivity contribution >= 4 is 16.7 Å². The number of aryl methyl sites for hydroxylation is 1. The molecule has 2 aromatic heterocycles. The predicted octanol–water partition coefficient (Wildman–Crippen LogP) is 3.28. The van der Waals surface area contributed by atoms with Gasteiger partial charge in [-0.25, -0.2) is 4.98 Å². The van der Waals surface area contributed by atoms with Gasteiger partial charge in [-0.2, -0.15) is 0 Å². The fourth-order valence-corrected chi connectivity index (χ4v) is 2.84. The monoisotopic (exact) mass is 293 g/mol. The molecule has 1 aliphatic rings. The third-order valence-corrected chi connectivity index (χ3v) is 4.27. The van der Waals surface area contributed by atoms with Crippen LogP contribution in [0.3, 0.4) is 0 Å². The first-order valence-electron chi connectivity index (χ1n) is 7.64. The van der Waals surface area contributed by atoms with Gasteiger partial charge in [0.25, 0.3) is 0 Å². The standard InChI is InChI=1S/C18H19N3O/c1-13-8-19-18-17(13)7-15(9-20-18)21-10-16(11-21)22-12-14-5-3-2-4-6-14/h2-9,16H,10-12H2,1H3,(H,19,20). The summed E-state index contributed by atoms with van der Waals surface area (Å²) in [5, 5.41) is 1.20. The molecule has 0 spiro atoms. The quantitative estimate of drug-likeness (QED) is 0.802. The van der Waals surface area contributed by atoms with Crippen molar-refractivity contribution in [1.82, 2.24) is 9.97 Å². The van der Waals surface area contributed by atoms with Crippen LogP contribution in [0.2, 0.25) is 0 Å². The van der Waals surface area contributed by atoms with Gasteiger partial charge < -0.3 is 14.6 Å². The van der Waals surface area contributed by atoms with Gasteiger partial charge in [-0.05, 0) is 24.1 Å². The number of benzene rings is 1. The molecule has 0 atom stereocenters. The highest BCUT2D eigenvalue weighted by Gasteiger charge is 2.28. The Kier molecular flexibility index (Phi) is 3.31. The summed E-state index contributed by atoms with van der Waals surface area (Å²) in [7, 11) is 0. The third kappa shape index (κ3) is 2.46. The largest absolute Gasteiger partial charge is 0.370 e.